The van der Waals surface area contributed by atoms with E-state index in [4.69, 9.17) is 4.89 Å². The third-order valence-electron chi connectivity index (χ3n) is 3.11. The number of ketones is 2. The number of benzene rings is 2. The van der Waals surface area contributed by atoms with Gasteiger partial charge in [0.25, 0.3) is 0 Å². The van der Waals surface area contributed by atoms with Gasteiger partial charge in [0.1, 0.15) is 0 Å². The van der Waals surface area contributed by atoms with Crippen LogP contribution >= 0.6 is 0 Å². The Balaban J connectivity index is 2.18. The fourth-order valence-electron chi connectivity index (χ4n) is 2.25. The summed E-state index contributed by atoms with van der Waals surface area (Å²) in [4.78, 5) is 34.2. The van der Waals surface area contributed by atoms with Crippen LogP contribution in [0.25, 0.3) is 0 Å². The van der Waals surface area contributed by atoms with Crippen molar-refractivity contribution in [3.05, 3.63) is 64.7 Å². The molecule has 1 aliphatic carbocycles. The van der Waals surface area contributed by atoms with Gasteiger partial charge >= 0.3 is 0 Å². The SMILES string of the molecule is COOOc1cccc2c1C(=O)c1ccccc1C2=O. The average molecular weight is 270 g/mol. The number of fused-ring (bicyclic) bond motifs is 2. The first kappa shape index (κ1) is 12.5. The van der Waals surface area contributed by atoms with Gasteiger partial charge in [-0.3, -0.25) is 9.59 Å². The lowest BCUT2D eigenvalue weighted by Crippen LogP contribution is -2.21. The van der Waals surface area contributed by atoms with Crippen LogP contribution in [0.4, 0.5) is 0 Å². The maximum absolute atomic E-state index is 12.5. The summed E-state index contributed by atoms with van der Waals surface area (Å²) in [5, 5.41) is 4.39. The van der Waals surface area contributed by atoms with Crippen molar-refractivity contribution >= 4 is 11.6 Å². The lowest BCUT2D eigenvalue weighted by molar-refractivity contribution is -0.453. The minimum Gasteiger partial charge on any atom is -0.307 e. The molecular formula is C15H10O5. The third-order valence-corrected chi connectivity index (χ3v) is 3.11. The zero-order valence-corrected chi connectivity index (χ0v) is 10.6. The van der Waals surface area contributed by atoms with E-state index in [9.17, 15) is 9.59 Å². The Labute approximate surface area is 114 Å². The standard InChI is InChI=1S/C15H10O5/c1-18-20-19-12-8-4-7-11-13(12)15(17)10-6-3-2-5-9(10)14(11)16/h2-8H,1H3. The Bertz CT molecular complexity index is 705. The third kappa shape index (κ3) is 1.80. The fourth-order valence-corrected chi connectivity index (χ4v) is 2.25. The molecule has 0 bridgehead atoms. The molecule has 0 atom stereocenters. The largest absolute Gasteiger partial charge is 0.307 e. The molecule has 0 aromatic heterocycles. The lowest BCUT2D eigenvalue weighted by Gasteiger charge is -2.18. The zero-order chi connectivity index (χ0) is 14.1. The van der Waals surface area contributed by atoms with Gasteiger partial charge in [-0.2, -0.15) is 4.89 Å². The number of hydrogen-bond acceptors (Lipinski definition) is 5. The van der Waals surface area contributed by atoms with E-state index in [2.05, 4.69) is 9.93 Å². The second-order valence-corrected chi connectivity index (χ2v) is 4.20. The van der Waals surface area contributed by atoms with Gasteiger partial charge in [-0.05, 0) is 11.1 Å². The molecule has 0 N–H and O–H groups in total. The summed E-state index contributed by atoms with van der Waals surface area (Å²) >= 11 is 0. The van der Waals surface area contributed by atoms with Crippen LogP contribution in [0.5, 0.6) is 5.75 Å². The smallest absolute Gasteiger partial charge is 0.198 e. The second kappa shape index (κ2) is 4.88. The summed E-state index contributed by atoms with van der Waals surface area (Å²) in [6, 6.07) is 11.4. The Kier molecular flexibility index (Phi) is 3.06. The highest BCUT2D eigenvalue weighted by Gasteiger charge is 2.32. The lowest BCUT2D eigenvalue weighted by atomic mass is 9.84. The maximum atomic E-state index is 12.5. The molecule has 0 fully saturated rings. The maximum Gasteiger partial charge on any atom is 0.198 e. The summed E-state index contributed by atoms with van der Waals surface area (Å²) in [5.41, 5.74) is 1.24. The van der Waals surface area contributed by atoms with E-state index in [0.717, 1.165) is 0 Å². The van der Waals surface area contributed by atoms with Gasteiger partial charge < -0.3 is 4.89 Å². The first-order valence-electron chi connectivity index (χ1n) is 5.93. The van der Waals surface area contributed by atoms with Gasteiger partial charge in [0, 0.05) is 16.7 Å². The van der Waals surface area contributed by atoms with Crippen LogP contribution in [0.2, 0.25) is 0 Å². The van der Waals surface area contributed by atoms with Crippen LogP contribution in [-0.2, 0) is 9.93 Å². The summed E-state index contributed by atoms with van der Waals surface area (Å²) < 4.78 is 0. The highest BCUT2D eigenvalue weighted by molar-refractivity contribution is 6.29. The van der Waals surface area contributed by atoms with Gasteiger partial charge in [-0.15, -0.1) is 0 Å². The molecule has 20 heavy (non-hydrogen) atoms. The molecule has 0 spiro atoms. The van der Waals surface area contributed by atoms with Crippen LogP contribution in [-0.4, -0.2) is 18.7 Å². The molecule has 1 aliphatic rings. The van der Waals surface area contributed by atoms with E-state index in [-0.39, 0.29) is 22.9 Å². The molecule has 0 saturated carbocycles. The Morgan fingerprint density at radius 1 is 0.800 bits per heavy atom. The number of rotatable bonds is 3. The Morgan fingerprint density at radius 2 is 1.45 bits per heavy atom. The van der Waals surface area contributed by atoms with Crippen molar-refractivity contribution in [1.82, 2.24) is 0 Å². The quantitative estimate of drug-likeness (QED) is 0.540. The summed E-state index contributed by atoms with van der Waals surface area (Å²) in [7, 11) is 1.28. The van der Waals surface area contributed by atoms with Crippen molar-refractivity contribution in [3.63, 3.8) is 0 Å². The van der Waals surface area contributed by atoms with Crippen LogP contribution in [0, 0.1) is 0 Å². The first-order valence-corrected chi connectivity index (χ1v) is 5.93. The van der Waals surface area contributed by atoms with E-state index < -0.39 is 0 Å². The average Bonchev–Trinajstić information content (AvgIpc) is 2.50. The molecule has 0 radical (unpaired) electrons. The summed E-state index contributed by atoms with van der Waals surface area (Å²) in [6.07, 6.45) is 0. The summed E-state index contributed by atoms with van der Waals surface area (Å²) in [6.45, 7) is 0. The van der Waals surface area contributed by atoms with Crippen molar-refractivity contribution in [3.8, 4) is 5.75 Å². The zero-order valence-electron chi connectivity index (χ0n) is 10.6. The van der Waals surface area contributed by atoms with Crippen LogP contribution in [0.3, 0.4) is 0 Å². The van der Waals surface area contributed by atoms with E-state index in [1.54, 1.807) is 36.4 Å². The molecular weight excluding hydrogens is 260 g/mol. The van der Waals surface area contributed by atoms with E-state index >= 15 is 0 Å². The molecule has 0 amide bonds. The monoisotopic (exact) mass is 270 g/mol. The minimum absolute atomic E-state index is 0.150. The van der Waals surface area contributed by atoms with Gasteiger partial charge in [-0.25, -0.2) is 0 Å². The molecule has 0 aliphatic heterocycles. The highest BCUT2D eigenvalue weighted by atomic mass is 17.5. The molecule has 3 rings (SSSR count). The van der Waals surface area contributed by atoms with E-state index in [1.165, 1.54) is 13.2 Å². The van der Waals surface area contributed by atoms with Crippen molar-refractivity contribution in [2.75, 3.05) is 7.11 Å². The van der Waals surface area contributed by atoms with Crippen molar-refractivity contribution in [2.24, 2.45) is 0 Å². The van der Waals surface area contributed by atoms with Gasteiger partial charge in [0.2, 0.25) is 0 Å². The molecule has 0 unspecified atom stereocenters. The molecule has 5 nitrogen and oxygen atoms in total. The molecule has 100 valence electrons. The predicted molar refractivity (Wildman–Crippen MR) is 68.5 cm³/mol. The van der Waals surface area contributed by atoms with Crippen LogP contribution in [0.1, 0.15) is 31.8 Å². The van der Waals surface area contributed by atoms with Gasteiger partial charge in [0.05, 0.1) is 12.7 Å². The van der Waals surface area contributed by atoms with Crippen molar-refractivity contribution in [1.29, 1.82) is 0 Å². The van der Waals surface area contributed by atoms with E-state index in [1.807, 2.05) is 0 Å². The predicted octanol–water partition coefficient (Wildman–Crippen LogP) is 2.33. The van der Waals surface area contributed by atoms with E-state index in [0.29, 0.717) is 16.7 Å². The molecule has 0 saturated heterocycles. The summed E-state index contributed by atoms with van der Waals surface area (Å²) in [5.74, 6) is -0.333. The number of carbonyl (C=O) groups excluding carboxylic acids is 2. The Hall–Kier alpha value is -2.50. The second-order valence-electron chi connectivity index (χ2n) is 4.20. The van der Waals surface area contributed by atoms with Gasteiger partial charge in [0.15, 0.2) is 17.3 Å². The number of carbonyl (C=O) groups is 2. The molecule has 5 heteroatoms. The number of hydrogen-bond donors (Lipinski definition) is 0. The minimum atomic E-state index is -0.273. The Morgan fingerprint density at radius 3 is 2.15 bits per heavy atom. The normalized spacial score (nSPS) is 12.8. The van der Waals surface area contributed by atoms with Crippen molar-refractivity contribution in [2.45, 2.75) is 0 Å². The van der Waals surface area contributed by atoms with Crippen LogP contribution < -0.4 is 4.89 Å². The molecule has 2 aromatic rings. The van der Waals surface area contributed by atoms with Gasteiger partial charge in [-0.1, -0.05) is 36.4 Å². The van der Waals surface area contributed by atoms with Crippen LogP contribution in [0.15, 0.2) is 42.5 Å². The first-order chi connectivity index (χ1) is 9.74. The highest BCUT2D eigenvalue weighted by Crippen LogP contribution is 2.33. The fraction of sp³-hybridized carbons (Fsp3) is 0.0667. The topological polar surface area (TPSA) is 61.8 Å². The van der Waals surface area contributed by atoms with Crippen molar-refractivity contribution < 1.29 is 24.4 Å². The molecule has 0 heterocycles. The molecule has 2 aromatic carbocycles.